The monoisotopic (exact) mass is 284 g/mol. The van der Waals surface area contributed by atoms with E-state index < -0.39 is 4.92 Å². The van der Waals surface area contributed by atoms with Gasteiger partial charge in [0, 0.05) is 36.2 Å². The molecule has 1 amide bonds. The lowest BCUT2D eigenvalue weighted by Crippen LogP contribution is -2.32. The van der Waals surface area contributed by atoms with E-state index in [0.717, 1.165) is 6.42 Å². The maximum Gasteiger partial charge on any atom is 0.272 e. The molecule has 19 heavy (non-hydrogen) atoms. The molecule has 1 rings (SSSR count). The van der Waals surface area contributed by atoms with Gasteiger partial charge in [-0.1, -0.05) is 0 Å². The average molecular weight is 285 g/mol. The van der Waals surface area contributed by atoms with E-state index in [-0.39, 0.29) is 11.6 Å². The van der Waals surface area contributed by atoms with Crippen LogP contribution in [0.25, 0.3) is 0 Å². The number of aryl methyl sites for hydroxylation is 1. The fraction of sp³-hybridized carbons (Fsp3) is 0.462. The van der Waals surface area contributed by atoms with Gasteiger partial charge < -0.3 is 4.90 Å². The first kappa shape index (κ1) is 15.4. The van der Waals surface area contributed by atoms with Crippen molar-refractivity contribution in [3.8, 4) is 0 Å². The highest BCUT2D eigenvalue weighted by molar-refractivity contribution is 6.17. The van der Waals surface area contributed by atoms with Crippen LogP contribution in [0.4, 0.5) is 5.69 Å². The van der Waals surface area contributed by atoms with Crippen molar-refractivity contribution in [1.29, 1.82) is 0 Å². The molecule has 104 valence electrons. The van der Waals surface area contributed by atoms with Crippen LogP contribution in [0.3, 0.4) is 0 Å². The number of rotatable bonds is 6. The largest absolute Gasteiger partial charge is 0.339 e. The van der Waals surface area contributed by atoms with Crippen molar-refractivity contribution in [3.05, 3.63) is 39.4 Å². The van der Waals surface area contributed by atoms with Crippen LogP contribution in [0.15, 0.2) is 18.2 Å². The summed E-state index contributed by atoms with van der Waals surface area (Å²) in [4.78, 5) is 24.2. The van der Waals surface area contributed by atoms with Gasteiger partial charge in [0.2, 0.25) is 0 Å². The number of benzene rings is 1. The van der Waals surface area contributed by atoms with Crippen LogP contribution in [-0.4, -0.2) is 34.7 Å². The molecule has 1 aromatic carbocycles. The molecule has 0 unspecified atom stereocenters. The van der Waals surface area contributed by atoms with Crippen molar-refractivity contribution >= 4 is 23.2 Å². The normalized spacial score (nSPS) is 10.3. The average Bonchev–Trinajstić information content (AvgIpc) is 2.38. The van der Waals surface area contributed by atoms with Crippen molar-refractivity contribution in [1.82, 2.24) is 4.90 Å². The minimum Gasteiger partial charge on any atom is -0.339 e. The van der Waals surface area contributed by atoms with Gasteiger partial charge in [-0.3, -0.25) is 14.9 Å². The molecule has 0 aliphatic heterocycles. The highest BCUT2D eigenvalue weighted by Gasteiger charge is 2.17. The highest BCUT2D eigenvalue weighted by atomic mass is 35.5. The van der Waals surface area contributed by atoms with Gasteiger partial charge in [0.25, 0.3) is 11.6 Å². The molecule has 0 N–H and O–H groups in total. The van der Waals surface area contributed by atoms with Crippen molar-refractivity contribution in [2.24, 2.45) is 0 Å². The Morgan fingerprint density at radius 2 is 2.16 bits per heavy atom. The molecule has 0 aliphatic carbocycles. The second-order valence-corrected chi connectivity index (χ2v) is 4.56. The van der Waals surface area contributed by atoms with E-state index in [1.807, 2.05) is 6.92 Å². The molecule has 0 heterocycles. The molecule has 0 fully saturated rings. The first-order chi connectivity index (χ1) is 9.01. The van der Waals surface area contributed by atoms with Crippen LogP contribution in [0, 0.1) is 17.0 Å². The Balaban J connectivity index is 2.93. The standard InChI is InChI=1S/C13H17ClN2O3/c1-3-15(8-4-7-14)13(17)11-5-6-12(16(18)19)10(2)9-11/h5-6,9H,3-4,7-8H2,1-2H3. The maximum atomic E-state index is 12.2. The Morgan fingerprint density at radius 1 is 1.47 bits per heavy atom. The number of halogens is 1. The zero-order chi connectivity index (χ0) is 14.4. The van der Waals surface area contributed by atoms with E-state index >= 15 is 0 Å². The lowest BCUT2D eigenvalue weighted by Gasteiger charge is -2.20. The zero-order valence-corrected chi connectivity index (χ0v) is 11.8. The van der Waals surface area contributed by atoms with Gasteiger partial charge in [-0.2, -0.15) is 0 Å². The van der Waals surface area contributed by atoms with Crippen LogP contribution < -0.4 is 0 Å². The molecule has 0 aliphatic rings. The predicted molar refractivity (Wildman–Crippen MR) is 74.7 cm³/mol. The third-order valence-corrected chi connectivity index (χ3v) is 3.14. The first-order valence-corrected chi connectivity index (χ1v) is 6.65. The number of alkyl halides is 1. The third-order valence-electron chi connectivity index (χ3n) is 2.87. The van der Waals surface area contributed by atoms with Gasteiger partial charge in [-0.15, -0.1) is 11.6 Å². The van der Waals surface area contributed by atoms with Crippen molar-refractivity contribution in [3.63, 3.8) is 0 Å². The number of hydrogen-bond donors (Lipinski definition) is 0. The van der Waals surface area contributed by atoms with Crippen LogP contribution in [-0.2, 0) is 0 Å². The molecule has 0 atom stereocenters. The lowest BCUT2D eigenvalue weighted by molar-refractivity contribution is -0.385. The minimum atomic E-state index is -0.450. The Morgan fingerprint density at radius 3 is 2.63 bits per heavy atom. The molecular weight excluding hydrogens is 268 g/mol. The SMILES string of the molecule is CCN(CCCCl)C(=O)c1ccc([N+](=O)[O-])c(C)c1. The molecule has 0 saturated heterocycles. The Hall–Kier alpha value is -1.62. The van der Waals surface area contributed by atoms with Crippen LogP contribution in [0.1, 0.15) is 29.3 Å². The molecule has 0 saturated carbocycles. The summed E-state index contributed by atoms with van der Waals surface area (Å²) in [6, 6.07) is 4.43. The smallest absolute Gasteiger partial charge is 0.272 e. The lowest BCUT2D eigenvalue weighted by atomic mass is 10.1. The summed E-state index contributed by atoms with van der Waals surface area (Å²) in [7, 11) is 0. The Bertz CT molecular complexity index is 477. The van der Waals surface area contributed by atoms with Gasteiger partial charge in [0.15, 0.2) is 0 Å². The molecule has 5 nitrogen and oxygen atoms in total. The number of carbonyl (C=O) groups is 1. The number of nitrogens with zero attached hydrogens (tertiary/aromatic N) is 2. The molecular formula is C13H17ClN2O3. The van der Waals surface area contributed by atoms with Gasteiger partial charge in [0.05, 0.1) is 4.92 Å². The van der Waals surface area contributed by atoms with Crippen LogP contribution in [0.2, 0.25) is 0 Å². The first-order valence-electron chi connectivity index (χ1n) is 6.11. The fourth-order valence-corrected chi connectivity index (χ4v) is 1.95. The molecule has 0 radical (unpaired) electrons. The summed E-state index contributed by atoms with van der Waals surface area (Å²) in [5, 5.41) is 10.7. The number of amides is 1. The topological polar surface area (TPSA) is 63.5 Å². The Kier molecular flexibility index (Phi) is 5.76. The quantitative estimate of drug-likeness (QED) is 0.458. The van der Waals surface area contributed by atoms with Crippen molar-refractivity contribution < 1.29 is 9.72 Å². The predicted octanol–water partition coefficient (Wildman–Crippen LogP) is 2.99. The summed E-state index contributed by atoms with van der Waals surface area (Å²) in [5.41, 5.74) is 0.990. The van der Waals surface area contributed by atoms with Gasteiger partial charge >= 0.3 is 0 Å². The van der Waals surface area contributed by atoms with Gasteiger partial charge in [0.1, 0.15) is 0 Å². The van der Waals surface area contributed by atoms with Gasteiger partial charge in [-0.05, 0) is 32.4 Å². The molecule has 0 spiro atoms. The van der Waals surface area contributed by atoms with Crippen molar-refractivity contribution in [2.75, 3.05) is 19.0 Å². The molecule has 0 aromatic heterocycles. The highest BCUT2D eigenvalue weighted by Crippen LogP contribution is 2.19. The van der Waals surface area contributed by atoms with Crippen LogP contribution >= 0.6 is 11.6 Å². The summed E-state index contributed by atoms with van der Waals surface area (Å²) >= 11 is 5.62. The molecule has 0 bridgehead atoms. The Labute approximate surface area is 117 Å². The second-order valence-electron chi connectivity index (χ2n) is 4.19. The van der Waals surface area contributed by atoms with Crippen LogP contribution in [0.5, 0.6) is 0 Å². The molecule has 1 aromatic rings. The number of nitro benzene ring substituents is 1. The van der Waals surface area contributed by atoms with E-state index in [4.69, 9.17) is 11.6 Å². The number of nitro groups is 1. The second kappa shape index (κ2) is 7.09. The summed E-state index contributed by atoms with van der Waals surface area (Å²) in [6.07, 6.45) is 0.729. The maximum absolute atomic E-state index is 12.2. The summed E-state index contributed by atoms with van der Waals surface area (Å²) in [5.74, 6) is 0.383. The molecule has 6 heteroatoms. The number of hydrogen-bond acceptors (Lipinski definition) is 3. The van der Waals surface area contributed by atoms with E-state index in [0.29, 0.717) is 30.1 Å². The summed E-state index contributed by atoms with van der Waals surface area (Å²) < 4.78 is 0. The van der Waals surface area contributed by atoms with Gasteiger partial charge in [-0.25, -0.2) is 0 Å². The summed E-state index contributed by atoms with van der Waals surface area (Å²) in [6.45, 7) is 4.70. The number of carbonyl (C=O) groups excluding carboxylic acids is 1. The van der Waals surface area contributed by atoms with E-state index in [9.17, 15) is 14.9 Å². The van der Waals surface area contributed by atoms with Crippen molar-refractivity contribution in [2.45, 2.75) is 20.3 Å². The third kappa shape index (κ3) is 3.92. The van der Waals surface area contributed by atoms with E-state index in [1.54, 1.807) is 17.9 Å². The fourth-order valence-electron chi connectivity index (χ4n) is 1.83. The van der Waals surface area contributed by atoms with E-state index in [1.165, 1.54) is 12.1 Å². The van der Waals surface area contributed by atoms with E-state index in [2.05, 4.69) is 0 Å². The minimum absolute atomic E-state index is 0.0281. The zero-order valence-electron chi connectivity index (χ0n) is 11.1.